The summed E-state index contributed by atoms with van der Waals surface area (Å²) in [7, 11) is 0. The smallest absolute Gasteiger partial charge is 0.278 e. The van der Waals surface area contributed by atoms with E-state index in [0.717, 1.165) is 27.3 Å². The van der Waals surface area contributed by atoms with Crippen molar-refractivity contribution in [3.8, 4) is 11.5 Å². The molecule has 0 saturated carbocycles. The molecule has 5 heteroatoms. The van der Waals surface area contributed by atoms with E-state index in [0.29, 0.717) is 11.0 Å². The van der Waals surface area contributed by atoms with Crippen LogP contribution >= 0.6 is 11.8 Å². The van der Waals surface area contributed by atoms with Crippen molar-refractivity contribution < 1.29 is 9.21 Å². The molecule has 0 aliphatic rings. The second kappa shape index (κ2) is 8.59. The first-order valence-electron chi connectivity index (χ1n) is 9.68. The van der Waals surface area contributed by atoms with Crippen LogP contribution in [-0.4, -0.2) is 10.9 Å². The number of nitrogens with one attached hydrogen (secondary N) is 1. The molecule has 0 atom stereocenters. The van der Waals surface area contributed by atoms with Gasteiger partial charge in [0.2, 0.25) is 5.89 Å². The van der Waals surface area contributed by atoms with Gasteiger partial charge in [0, 0.05) is 16.1 Å². The topological polar surface area (TPSA) is 55.1 Å². The molecule has 1 amide bonds. The Morgan fingerprint density at radius 1 is 0.800 bits per heavy atom. The van der Waals surface area contributed by atoms with Gasteiger partial charge in [0.25, 0.3) is 5.91 Å². The fourth-order valence-corrected chi connectivity index (χ4v) is 3.72. The molecule has 0 bridgehead atoms. The SMILES string of the molecule is Cc1ccc(NC(=O)c2nc(-c3ccc(C)cc3)oc2Sc2ccc(C)cc2)cc1. The van der Waals surface area contributed by atoms with Crippen molar-refractivity contribution in [2.45, 2.75) is 30.8 Å². The summed E-state index contributed by atoms with van der Waals surface area (Å²) in [4.78, 5) is 18.5. The monoisotopic (exact) mass is 414 g/mol. The number of hydrogen-bond donors (Lipinski definition) is 1. The molecule has 4 nitrogen and oxygen atoms in total. The number of aromatic nitrogens is 1. The number of oxazole rings is 1. The van der Waals surface area contributed by atoms with Gasteiger partial charge in [0.1, 0.15) is 0 Å². The van der Waals surface area contributed by atoms with E-state index >= 15 is 0 Å². The molecule has 4 aromatic rings. The molecule has 4 rings (SSSR count). The lowest BCUT2D eigenvalue weighted by atomic mass is 10.1. The van der Waals surface area contributed by atoms with Gasteiger partial charge in [-0.15, -0.1) is 0 Å². The Kier molecular flexibility index (Phi) is 5.72. The first-order chi connectivity index (χ1) is 14.5. The molecular formula is C25H22N2O2S. The molecule has 1 N–H and O–H groups in total. The fourth-order valence-electron chi connectivity index (χ4n) is 2.88. The molecule has 0 aliphatic carbocycles. The number of aryl methyl sites for hydroxylation is 3. The van der Waals surface area contributed by atoms with Crippen molar-refractivity contribution in [2.75, 3.05) is 5.32 Å². The molecule has 1 aromatic heterocycles. The zero-order chi connectivity index (χ0) is 21.1. The molecule has 1 heterocycles. The predicted molar refractivity (Wildman–Crippen MR) is 121 cm³/mol. The van der Waals surface area contributed by atoms with Crippen LogP contribution < -0.4 is 5.32 Å². The Labute approximate surface area is 180 Å². The summed E-state index contributed by atoms with van der Waals surface area (Å²) in [6.45, 7) is 6.07. The molecule has 0 unspecified atom stereocenters. The minimum absolute atomic E-state index is 0.275. The number of rotatable bonds is 5. The Morgan fingerprint density at radius 2 is 1.33 bits per heavy atom. The van der Waals surface area contributed by atoms with E-state index < -0.39 is 0 Å². The van der Waals surface area contributed by atoms with Gasteiger partial charge < -0.3 is 9.73 Å². The maximum absolute atomic E-state index is 13.0. The molecule has 0 spiro atoms. The number of nitrogens with zero attached hydrogens (tertiary/aromatic N) is 1. The second-order valence-corrected chi connectivity index (χ2v) is 8.30. The quantitative estimate of drug-likeness (QED) is 0.396. The van der Waals surface area contributed by atoms with Gasteiger partial charge >= 0.3 is 0 Å². The Hall–Kier alpha value is -3.31. The van der Waals surface area contributed by atoms with Gasteiger partial charge in [-0.05, 0) is 68.9 Å². The van der Waals surface area contributed by atoms with Gasteiger partial charge in [-0.2, -0.15) is 0 Å². The van der Waals surface area contributed by atoms with Gasteiger partial charge in [-0.1, -0.05) is 53.1 Å². The molecule has 30 heavy (non-hydrogen) atoms. The van der Waals surface area contributed by atoms with Gasteiger partial charge in [-0.3, -0.25) is 4.79 Å². The van der Waals surface area contributed by atoms with E-state index in [9.17, 15) is 4.79 Å². The van der Waals surface area contributed by atoms with Gasteiger partial charge in [0.05, 0.1) is 0 Å². The molecule has 0 radical (unpaired) electrons. The highest BCUT2D eigenvalue weighted by atomic mass is 32.2. The third-order valence-electron chi connectivity index (χ3n) is 4.65. The van der Waals surface area contributed by atoms with Crippen LogP contribution in [0.15, 0.2) is 87.2 Å². The first kappa shape index (κ1) is 20.0. The number of carbonyl (C=O) groups is 1. The number of carbonyl (C=O) groups excluding carboxylic acids is 1. The number of hydrogen-bond acceptors (Lipinski definition) is 4. The normalized spacial score (nSPS) is 10.8. The summed E-state index contributed by atoms with van der Waals surface area (Å²) < 4.78 is 6.04. The summed E-state index contributed by atoms with van der Waals surface area (Å²) in [5.74, 6) is 0.134. The average molecular weight is 415 g/mol. The lowest BCUT2D eigenvalue weighted by molar-refractivity contribution is 0.101. The number of benzene rings is 3. The predicted octanol–water partition coefficient (Wildman–Crippen LogP) is 6.67. The highest BCUT2D eigenvalue weighted by Crippen LogP contribution is 2.34. The molecule has 150 valence electrons. The second-order valence-electron chi connectivity index (χ2n) is 7.26. The highest BCUT2D eigenvalue weighted by Gasteiger charge is 2.22. The van der Waals surface area contributed by atoms with Crippen LogP contribution in [0, 0.1) is 20.8 Å². The third kappa shape index (κ3) is 4.63. The summed E-state index contributed by atoms with van der Waals surface area (Å²) in [5.41, 5.74) is 5.28. The Morgan fingerprint density at radius 3 is 1.93 bits per heavy atom. The molecule has 0 fully saturated rings. The first-order valence-corrected chi connectivity index (χ1v) is 10.5. The zero-order valence-electron chi connectivity index (χ0n) is 17.1. The van der Waals surface area contributed by atoms with Crippen molar-refractivity contribution in [3.05, 3.63) is 95.2 Å². The van der Waals surface area contributed by atoms with Crippen LogP contribution in [0.2, 0.25) is 0 Å². The Bertz CT molecular complexity index is 1160. The minimum atomic E-state index is -0.296. The maximum Gasteiger partial charge on any atom is 0.278 e. The lowest BCUT2D eigenvalue weighted by Crippen LogP contribution is -2.13. The number of anilines is 1. The third-order valence-corrected chi connectivity index (χ3v) is 5.62. The van der Waals surface area contributed by atoms with E-state index in [-0.39, 0.29) is 11.6 Å². The standard InChI is InChI=1S/C25H22N2O2S/c1-16-4-10-19(11-5-16)24-27-22(23(28)26-20-12-6-17(2)7-13-20)25(29-24)30-21-14-8-18(3)9-15-21/h4-15H,1-3H3,(H,26,28). The number of amides is 1. The van der Waals surface area contributed by atoms with Crippen molar-refractivity contribution in [3.63, 3.8) is 0 Å². The summed E-state index contributed by atoms with van der Waals surface area (Å²) in [5, 5.41) is 3.39. The van der Waals surface area contributed by atoms with Crippen LogP contribution in [0.25, 0.3) is 11.5 Å². The van der Waals surface area contributed by atoms with Crippen LogP contribution in [0.1, 0.15) is 27.2 Å². The zero-order valence-corrected chi connectivity index (χ0v) is 17.9. The minimum Gasteiger partial charge on any atom is -0.429 e. The van der Waals surface area contributed by atoms with Crippen LogP contribution in [0.3, 0.4) is 0 Å². The van der Waals surface area contributed by atoms with Gasteiger partial charge in [-0.25, -0.2) is 4.98 Å². The summed E-state index contributed by atoms with van der Waals surface area (Å²) in [6.07, 6.45) is 0. The van der Waals surface area contributed by atoms with E-state index in [1.165, 1.54) is 17.3 Å². The lowest BCUT2D eigenvalue weighted by Gasteiger charge is -2.05. The van der Waals surface area contributed by atoms with E-state index in [2.05, 4.69) is 10.3 Å². The van der Waals surface area contributed by atoms with Crippen molar-refractivity contribution in [1.29, 1.82) is 0 Å². The molecular weight excluding hydrogens is 392 g/mol. The summed E-state index contributed by atoms with van der Waals surface area (Å²) in [6, 6.07) is 23.6. The summed E-state index contributed by atoms with van der Waals surface area (Å²) >= 11 is 1.39. The molecule has 0 aliphatic heterocycles. The molecule has 0 saturated heterocycles. The van der Waals surface area contributed by atoms with E-state index in [1.807, 2.05) is 93.6 Å². The van der Waals surface area contributed by atoms with Crippen LogP contribution in [0.4, 0.5) is 5.69 Å². The van der Waals surface area contributed by atoms with Gasteiger partial charge in [0.15, 0.2) is 10.8 Å². The van der Waals surface area contributed by atoms with Crippen LogP contribution in [-0.2, 0) is 0 Å². The van der Waals surface area contributed by atoms with Crippen LogP contribution in [0.5, 0.6) is 0 Å². The maximum atomic E-state index is 13.0. The van der Waals surface area contributed by atoms with Crippen molar-refractivity contribution >= 4 is 23.4 Å². The fraction of sp³-hybridized carbons (Fsp3) is 0.120. The molecule has 3 aromatic carbocycles. The van der Waals surface area contributed by atoms with E-state index in [1.54, 1.807) is 0 Å². The largest absolute Gasteiger partial charge is 0.429 e. The van der Waals surface area contributed by atoms with Crippen molar-refractivity contribution in [1.82, 2.24) is 4.98 Å². The Balaban J connectivity index is 1.68. The van der Waals surface area contributed by atoms with E-state index in [4.69, 9.17) is 4.42 Å². The van der Waals surface area contributed by atoms with Crippen molar-refractivity contribution in [2.24, 2.45) is 0 Å². The average Bonchev–Trinajstić information content (AvgIpc) is 3.16. The highest BCUT2D eigenvalue weighted by molar-refractivity contribution is 7.99.